The van der Waals surface area contributed by atoms with Gasteiger partial charge in [0.25, 0.3) is 0 Å². The number of ether oxygens (including phenoxy) is 2. The molecular weight excluding hydrogens is 455 g/mol. The average Bonchev–Trinajstić information content (AvgIpc) is 2.74. The van der Waals surface area contributed by atoms with E-state index >= 15 is 0 Å². The highest BCUT2D eigenvalue weighted by atomic mass is 32.2. The highest BCUT2D eigenvalue weighted by Crippen LogP contribution is 2.27. The van der Waals surface area contributed by atoms with Crippen LogP contribution in [-0.2, 0) is 14.8 Å². The lowest BCUT2D eigenvalue weighted by atomic mass is 10.1. The summed E-state index contributed by atoms with van der Waals surface area (Å²) in [6.07, 6.45) is 2.81. The summed E-state index contributed by atoms with van der Waals surface area (Å²) in [5.74, 6) is -0.478. The zero-order chi connectivity index (χ0) is 24.2. The Bertz CT molecular complexity index is 1140. The van der Waals surface area contributed by atoms with Gasteiger partial charge in [-0.15, -0.1) is 0 Å². The lowest BCUT2D eigenvalue weighted by Crippen LogP contribution is -2.43. The number of halogens is 1. The molecule has 11 nitrogen and oxygen atoms in total. The Hall–Kier alpha value is -3.32. The normalized spacial score (nSPS) is 14.8. The molecule has 1 aliphatic heterocycles. The van der Waals surface area contributed by atoms with Gasteiger partial charge in [0.1, 0.15) is 23.8 Å². The van der Waals surface area contributed by atoms with Gasteiger partial charge in [0.15, 0.2) is 12.0 Å². The zero-order valence-corrected chi connectivity index (χ0v) is 19.0. The summed E-state index contributed by atoms with van der Waals surface area (Å²) in [7, 11) is -4.04. The highest BCUT2D eigenvalue weighted by Gasteiger charge is 2.27. The molecule has 0 radical (unpaired) electrons. The maximum Gasteiger partial charge on any atom is 0.410 e. The summed E-state index contributed by atoms with van der Waals surface area (Å²) >= 11 is 0. The molecule has 2 aromatic rings. The Morgan fingerprint density at radius 2 is 2.03 bits per heavy atom. The van der Waals surface area contributed by atoms with Crippen LogP contribution in [0.25, 0.3) is 0 Å². The fourth-order valence-corrected chi connectivity index (χ4v) is 3.74. The van der Waals surface area contributed by atoms with Gasteiger partial charge in [0, 0.05) is 25.9 Å². The number of sulfonamides is 1. The summed E-state index contributed by atoms with van der Waals surface area (Å²) in [6.45, 7) is 4.52. The predicted molar refractivity (Wildman–Crippen MR) is 117 cm³/mol. The number of hydrogen-bond acceptors (Lipinski definition) is 8. The van der Waals surface area contributed by atoms with Crippen LogP contribution in [0.1, 0.15) is 32.3 Å². The first-order chi connectivity index (χ1) is 15.6. The number of hydrogen-bond donors (Lipinski definition) is 3. The van der Waals surface area contributed by atoms with Gasteiger partial charge in [-0.2, -0.15) is 0 Å². The first kappa shape index (κ1) is 24.3. The molecule has 1 fully saturated rings. The molecule has 0 spiro atoms. The van der Waals surface area contributed by atoms with Crippen LogP contribution in [0.2, 0.25) is 0 Å². The zero-order valence-electron chi connectivity index (χ0n) is 18.2. The van der Waals surface area contributed by atoms with Crippen molar-refractivity contribution in [3.63, 3.8) is 0 Å². The number of amides is 1. The molecule has 0 aliphatic carbocycles. The van der Waals surface area contributed by atoms with E-state index in [2.05, 4.69) is 15.3 Å². The summed E-state index contributed by atoms with van der Waals surface area (Å²) in [5.41, 5.74) is 0.265. The van der Waals surface area contributed by atoms with Gasteiger partial charge in [0.05, 0.1) is 16.7 Å². The molecule has 1 aromatic carbocycles. The maximum absolute atomic E-state index is 14.4. The monoisotopic (exact) mass is 481 g/mol. The predicted octanol–water partition coefficient (Wildman–Crippen LogP) is 0.573. The fourth-order valence-electron chi connectivity index (χ4n) is 3.22. The minimum Gasteiger partial charge on any atom is -0.473 e. The molecule has 0 unspecified atom stereocenters. The number of aromatic nitrogens is 2. The van der Waals surface area contributed by atoms with Crippen molar-refractivity contribution in [2.24, 2.45) is 5.14 Å². The Kier molecular flexibility index (Phi) is 7.43. The maximum atomic E-state index is 14.4. The van der Waals surface area contributed by atoms with Gasteiger partial charge in [-0.05, 0) is 32.0 Å². The highest BCUT2D eigenvalue weighted by molar-refractivity contribution is 7.89. The molecule has 13 heteroatoms. The smallest absolute Gasteiger partial charge is 0.410 e. The molecule has 2 heterocycles. The van der Waals surface area contributed by atoms with Crippen LogP contribution >= 0.6 is 0 Å². The Labute approximate surface area is 190 Å². The van der Waals surface area contributed by atoms with Crippen molar-refractivity contribution >= 4 is 33.8 Å². The van der Waals surface area contributed by atoms with Crippen LogP contribution in [0.15, 0.2) is 29.4 Å². The Morgan fingerprint density at radius 3 is 2.61 bits per heavy atom. The number of anilines is 2. The van der Waals surface area contributed by atoms with E-state index in [0.717, 1.165) is 6.07 Å². The second-order valence-corrected chi connectivity index (χ2v) is 9.22. The topological polar surface area (TPSA) is 162 Å². The third kappa shape index (κ3) is 6.14. The van der Waals surface area contributed by atoms with Crippen molar-refractivity contribution in [1.82, 2.24) is 14.9 Å². The van der Waals surface area contributed by atoms with Gasteiger partial charge in [-0.25, -0.2) is 32.7 Å². The Morgan fingerprint density at radius 1 is 1.33 bits per heavy atom. The summed E-state index contributed by atoms with van der Waals surface area (Å²) in [4.78, 5) is 21.5. The van der Waals surface area contributed by atoms with E-state index in [1.54, 1.807) is 18.7 Å². The van der Waals surface area contributed by atoms with E-state index in [9.17, 15) is 17.6 Å². The minimum atomic E-state index is -4.04. The van der Waals surface area contributed by atoms with Crippen molar-refractivity contribution in [2.45, 2.75) is 43.8 Å². The van der Waals surface area contributed by atoms with Crippen LogP contribution < -0.4 is 20.6 Å². The number of primary sulfonamides is 1. The molecule has 1 amide bonds. The van der Waals surface area contributed by atoms with Crippen LogP contribution in [0, 0.1) is 5.82 Å². The minimum absolute atomic E-state index is 0.0351. The van der Waals surface area contributed by atoms with Crippen molar-refractivity contribution in [2.75, 3.05) is 18.4 Å². The molecule has 33 heavy (non-hydrogen) atoms. The number of benzene rings is 1. The third-order valence-electron chi connectivity index (χ3n) is 4.85. The van der Waals surface area contributed by atoms with Gasteiger partial charge >= 0.3 is 6.09 Å². The molecule has 178 valence electrons. The standard InChI is InChI=1S/C20H25FN6O5S/c1-12(2)31-20(28)27-7-5-13(6-8-27)32-19-15(10-22)18(24-11-25-19)26-17-4-3-14(9-16(17)21)33(23,29)30/h3-4,9-13,22H,5-8H2,1-2H3,(H2,23,29,30)(H,24,25,26)/p+1. The summed E-state index contributed by atoms with van der Waals surface area (Å²) < 4.78 is 48.4. The number of carbonyl (C=O) groups is 1. The fraction of sp³-hybridized carbons (Fsp3) is 0.400. The number of nitrogens with zero attached hydrogens (tertiary/aromatic N) is 3. The number of piperidine rings is 1. The lowest BCUT2D eigenvalue weighted by Gasteiger charge is -2.31. The quantitative estimate of drug-likeness (QED) is 0.484. The Balaban J connectivity index is 1.71. The van der Waals surface area contributed by atoms with Crippen molar-refractivity contribution in [3.05, 3.63) is 35.9 Å². The third-order valence-corrected chi connectivity index (χ3v) is 5.76. The van der Waals surface area contributed by atoms with Gasteiger partial charge in [-0.1, -0.05) is 0 Å². The summed E-state index contributed by atoms with van der Waals surface area (Å²) in [6, 6.07) is 3.20. The van der Waals surface area contributed by atoms with Gasteiger partial charge < -0.3 is 19.7 Å². The molecule has 5 N–H and O–H groups in total. The number of nitrogens with one attached hydrogen (secondary N) is 1. The molecule has 0 bridgehead atoms. The van der Waals surface area contributed by atoms with E-state index in [4.69, 9.17) is 20.0 Å². The first-order valence-electron chi connectivity index (χ1n) is 10.2. The molecule has 1 saturated heterocycles. The van der Waals surface area contributed by atoms with E-state index in [1.165, 1.54) is 24.7 Å². The molecular formula is C20H26FN6O5S+. The van der Waals surface area contributed by atoms with Crippen molar-refractivity contribution in [3.8, 4) is 5.88 Å². The number of rotatable bonds is 7. The molecule has 3 rings (SSSR count). The first-order valence-corrected chi connectivity index (χ1v) is 11.7. The molecule has 0 atom stereocenters. The van der Waals surface area contributed by atoms with Crippen molar-refractivity contribution in [1.29, 1.82) is 0 Å². The van der Waals surface area contributed by atoms with E-state index in [1.807, 2.05) is 0 Å². The number of likely N-dealkylation sites (tertiary alicyclic amines) is 1. The van der Waals surface area contributed by atoms with Crippen LogP contribution in [-0.4, -0.2) is 60.9 Å². The average molecular weight is 482 g/mol. The van der Waals surface area contributed by atoms with Crippen LogP contribution in [0.4, 0.5) is 20.7 Å². The van der Waals surface area contributed by atoms with E-state index in [0.29, 0.717) is 31.5 Å². The van der Waals surface area contributed by atoms with Gasteiger partial charge in [0.2, 0.25) is 15.9 Å². The van der Waals surface area contributed by atoms with Crippen LogP contribution in [0.5, 0.6) is 5.88 Å². The lowest BCUT2D eigenvalue weighted by molar-refractivity contribution is -0.104. The largest absolute Gasteiger partial charge is 0.473 e. The number of carbonyl (C=O) groups excluding carboxylic acids is 1. The number of nitrogens with two attached hydrogens (primary N) is 2. The molecule has 1 aliphatic rings. The summed E-state index contributed by atoms with van der Waals surface area (Å²) in [5, 5.41) is 13.5. The van der Waals surface area contributed by atoms with E-state index < -0.39 is 15.8 Å². The molecule has 0 saturated carbocycles. The second kappa shape index (κ2) is 10.1. The van der Waals surface area contributed by atoms with Crippen LogP contribution in [0.3, 0.4) is 0 Å². The van der Waals surface area contributed by atoms with Crippen molar-refractivity contribution < 1.29 is 32.5 Å². The molecule has 1 aromatic heterocycles. The second-order valence-electron chi connectivity index (χ2n) is 7.66. The van der Waals surface area contributed by atoms with Gasteiger partial charge in [-0.3, -0.25) is 5.41 Å². The van der Waals surface area contributed by atoms with E-state index in [-0.39, 0.29) is 40.6 Å². The SMILES string of the molecule is CC(C)OC(=O)N1CCC(Oc2ncnc(Nc3ccc(S(N)(=O)=O)cc3F)c2C=[NH2+])CC1.